The van der Waals surface area contributed by atoms with Crippen molar-refractivity contribution in [2.24, 2.45) is 20.5 Å². The van der Waals surface area contributed by atoms with E-state index < -0.39 is 6.17 Å². The molecule has 0 radical (unpaired) electrons. The molecule has 5 heteroatoms. The zero-order valence-corrected chi connectivity index (χ0v) is 14.7. The van der Waals surface area contributed by atoms with Crippen LogP contribution in [0, 0.1) is 0 Å². The lowest BCUT2D eigenvalue weighted by Crippen LogP contribution is -1.89. The molecule has 0 aliphatic heterocycles. The van der Waals surface area contributed by atoms with E-state index in [-0.39, 0.29) is 0 Å². The zero-order valence-electron chi connectivity index (χ0n) is 13.9. The van der Waals surface area contributed by atoms with E-state index in [4.69, 9.17) is 0 Å². The molecule has 4 nitrogen and oxygen atoms in total. The first kappa shape index (κ1) is 17.0. The first-order valence-electron chi connectivity index (χ1n) is 7.91. The van der Waals surface area contributed by atoms with Crippen molar-refractivity contribution in [3.63, 3.8) is 0 Å². The number of benzene rings is 3. The third-order valence-electron chi connectivity index (χ3n) is 3.50. The summed E-state index contributed by atoms with van der Waals surface area (Å²) in [5.74, 6) is 0. The highest BCUT2D eigenvalue weighted by molar-refractivity contribution is 7.98. The maximum Gasteiger partial charge on any atom is 0.206 e. The Kier molecular flexibility index (Phi) is 6.06. The highest BCUT2D eigenvalue weighted by Gasteiger charge is 2.09. The van der Waals surface area contributed by atoms with Crippen molar-refractivity contribution in [2.75, 3.05) is 6.26 Å². The number of hydrogen-bond acceptors (Lipinski definition) is 5. The fraction of sp³-hybridized carbons (Fsp3) is 0.100. The van der Waals surface area contributed by atoms with Gasteiger partial charge in [-0.25, -0.2) is 0 Å². The summed E-state index contributed by atoms with van der Waals surface area (Å²) in [4.78, 5) is 1.08. The maximum atomic E-state index is 4.44. The van der Waals surface area contributed by atoms with E-state index in [9.17, 15) is 0 Å². The van der Waals surface area contributed by atoms with Gasteiger partial charge in [0.2, 0.25) is 6.17 Å². The molecule has 0 aliphatic rings. The molecule has 3 aromatic rings. The topological polar surface area (TPSA) is 49.4 Å². The monoisotopic (exact) mass is 346 g/mol. The van der Waals surface area contributed by atoms with Crippen molar-refractivity contribution >= 4 is 23.1 Å². The molecule has 0 aliphatic carbocycles. The summed E-state index contributed by atoms with van der Waals surface area (Å²) in [7, 11) is 0. The summed E-state index contributed by atoms with van der Waals surface area (Å²) in [6, 6.07) is 27.4. The second-order valence-corrected chi connectivity index (χ2v) is 6.07. The summed E-state index contributed by atoms with van der Waals surface area (Å²) in [5, 5.41) is 17.6. The number of nitrogens with zero attached hydrogens (tertiary/aromatic N) is 4. The average Bonchev–Trinajstić information content (AvgIpc) is 2.70. The first-order valence-corrected chi connectivity index (χ1v) is 9.14. The summed E-state index contributed by atoms with van der Waals surface area (Å²) < 4.78 is 0. The Bertz CT molecular complexity index is 848. The molecule has 25 heavy (non-hydrogen) atoms. The van der Waals surface area contributed by atoms with E-state index in [1.54, 1.807) is 11.8 Å². The van der Waals surface area contributed by atoms with E-state index in [0.717, 1.165) is 21.8 Å². The van der Waals surface area contributed by atoms with Gasteiger partial charge in [0.1, 0.15) is 0 Å². The molecule has 0 amide bonds. The van der Waals surface area contributed by atoms with E-state index in [1.165, 1.54) is 0 Å². The maximum absolute atomic E-state index is 4.44. The van der Waals surface area contributed by atoms with Crippen molar-refractivity contribution in [1.82, 2.24) is 0 Å². The SMILES string of the molecule is CSc1ccccc1N=NC(N=Nc1ccccc1)c1ccccc1. The number of thioether (sulfide) groups is 1. The number of hydrogen-bond donors (Lipinski definition) is 0. The molecule has 0 saturated heterocycles. The van der Waals surface area contributed by atoms with Crippen LogP contribution in [-0.2, 0) is 0 Å². The highest BCUT2D eigenvalue weighted by atomic mass is 32.2. The van der Waals surface area contributed by atoms with Gasteiger partial charge in [-0.15, -0.1) is 11.8 Å². The van der Waals surface area contributed by atoms with Gasteiger partial charge in [-0.1, -0.05) is 60.7 Å². The minimum atomic E-state index is -0.476. The Morgan fingerprint density at radius 1 is 0.680 bits per heavy atom. The molecule has 124 valence electrons. The van der Waals surface area contributed by atoms with Crippen LogP contribution < -0.4 is 0 Å². The lowest BCUT2D eigenvalue weighted by atomic mass is 10.2. The van der Waals surface area contributed by atoms with E-state index in [0.29, 0.717) is 0 Å². The van der Waals surface area contributed by atoms with Crippen LogP contribution in [0.15, 0.2) is 110 Å². The number of rotatable bonds is 6. The predicted octanol–water partition coefficient (Wildman–Crippen LogP) is 6.97. The van der Waals surface area contributed by atoms with Crippen molar-refractivity contribution in [3.8, 4) is 0 Å². The van der Waals surface area contributed by atoms with Gasteiger partial charge in [0.05, 0.1) is 11.4 Å². The standard InChI is InChI=1S/C20H18N4S/c1-25-19-15-9-8-14-18(19)22-24-20(16-10-4-2-5-11-16)23-21-17-12-6-3-7-13-17/h2-15,20H,1H3. The quantitative estimate of drug-likeness (QED) is 0.351. The Balaban J connectivity index is 1.89. The molecule has 0 bridgehead atoms. The van der Waals surface area contributed by atoms with Gasteiger partial charge < -0.3 is 0 Å². The third-order valence-corrected chi connectivity index (χ3v) is 4.28. The normalized spacial score (nSPS) is 12.7. The smallest absolute Gasteiger partial charge is 0.154 e. The Labute approximate surface area is 151 Å². The molecule has 0 saturated carbocycles. The minimum Gasteiger partial charge on any atom is -0.154 e. The molecule has 3 aromatic carbocycles. The third kappa shape index (κ3) is 4.84. The van der Waals surface area contributed by atoms with Crippen LogP contribution in [0.25, 0.3) is 0 Å². The van der Waals surface area contributed by atoms with E-state index >= 15 is 0 Å². The summed E-state index contributed by atoms with van der Waals surface area (Å²) >= 11 is 1.65. The van der Waals surface area contributed by atoms with Crippen molar-refractivity contribution in [1.29, 1.82) is 0 Å². The Hall–Kier alpha value is -2.79. The van der Waals surface area contributed by atoms with Crippen LogP contribution in [-0.4, -0.2) is 6.26 Å². The molecule has 0 spiro atoms. The van der Waals surface area contributed by atoms with Gasteiger partial charge >= 0.3 is 0 Å². The lowest BCUT2D eigenvalue weighted by molar-refractivity contribution is 0.688. The minimum absolute atomic E-state index is 0.476. The van der Waals surface area contributed by atoms with Gasteiger partial charge in [-0.3, -0.25) is 0 Å². The number of azo groups is 2. The summed E-state index contributed by atoms with van der Waals surface area (Å²) in [5.41, 5.74) is 2.58. The predicted molar refractivity (Wildman–Crippen MR) is 103 cm³/mol. The van der Waals surface area contributed by atoms with Crippen molar-refractivity contribution < 1.29 is 0 Å². The van der Waals surface area contributed by atoms with Crippen LogP contribution in [0.4, 0.5) is 11.4 Å². The van der Waals surface area contributed by atoms with Gasteiger partial charge in [-0.2, -0.15) is 20.5 Å². The molecule has 0 N–H and O–H groups in total. The van der Waals surface area contributed by atoms with E-state index in [1.807, 2.05) is 91.2 Å². The molecular weight excluding hydrogens is 328 g/mol. The molecular formula is C20H18N4S. The second-order valence-electron chi connectivity index (χ2n) is 5.22. The average molecular weight is 346 g/mol. The van der Waals surface area contributed by atoms with Crippen molar-refractivity contribution in [2.45, 2.75) is 11.1 Å². The highest BCUT2D eigenvalue weighted by Crippen LogP contribution is 2.30. The molecule has 0 fully saturated rings. The van der Waals surface area contributed by atoms with Gasteiger partial charge in [0, 0.05) is 10.5 Å². The molecule has 0 heterocycles. The lowest BCUT2D eigenvalue weighted by Gasteiger charge is -2.06. The first-order chi connectivity index (χ1) is 12.4. The molecule has 0 aromatic heterocycles. The molecule has 1 atom stereocenters. The van der Waals surface area contributed by atoms with Crippen LogP contribution in [0.3, 0.4) is 0 Å². The zero-order chi connectivity index (χ0) is 17.3. The van der Waals surface area contributed by atoms with Crippen LogP contribution >= 0.6 is 11.8 Å². The van der Waals surface area contributed by atoms with Crippen LogP contribution in [0.2, 0.25) is 0 Å². The van der Waals surface area contributed by atoms with Crippen LogP contribution in [0.1, 0.15) is 11.7 Å². The van der Waals surface area contributed by atoms with Gasteiger partial charge in [0.15, 0.2) is 0 Å². The second kappa shape index (κ2) is 8.89. The van der Waals surface area contributed by atoms with Crippen LogP contribution in [0.5, 0.6) is 0 Å². The molecule has 1 unspecified atom stereocenters. The van der Waals surface area contributed by atoms with E-state index in [2.05, 4.69) is 20.5 Å². The fourth-order valence-electron chi connectivity index (χ4n) is 2.23. The fourth-order valence-corrected chi connectivity index (χ4v) is 2.76. The summed E-state index contributed by atoms with van der Waals surface area (Å²) in [6.07, 6.45) is 1.55. The Morgan fingerprint density at radius 2 is 1.28 bits per heavy atom. The Morgan fingerprint density at radius 3 is 2.00 bits per heavy atom. The largest absolute Gasteiger partial charge is 0.206 e. The van der Waals surface area contributed by atoms with Gasteiger partial charge in [0.25, 0.3) is 0 Å². The molecule has 3 rings (SSSR count). The summed E-state index contributed by atoms with van der Waals surface area (Å²) in [6.45, 7) is 0. The van der Waals surface area contributed by atoms with Gasteiger partial charge in [-0.05, 0) is 30.5 Å². The van der Waals surface area contributed by atoms with Crippen molar-refractivity contribution in [3.05, 3.63) is 90.5 Å².